The van der Waals surface area contributed by atoms with Gasteiger partial charge in [0.1, 0.15) is 5.82 Å². The highest BCUT2D eigenvalue weighted by molar-refractivity contribution is 6.07. The molecule has 0 aliphatic heterocycles. The van der Waals surface area contributed by atoms with Crippen LogP contribution in [0.1, 0.15) is 40.1 Å². The molecule has 4 rings (SSSR count). The number of anilines is 1. The largest absolute Gasteiger partial charge is 0.382 e. The molecule has 3 heterocycles. The Morgan fingerprint density at radius 3 is 2.49 bits per heavy atom. The lowest BCUT2D eigenvalue weighted by molar-refractivity contribution is 0.0784. The average molecular weight is 500 g/mol. The van der Waals surface area contributed by atoms with Gasteiger partial charge < -0.3 is 19.7 Å². The molecular formula is C29H37N7O. The number of aromatic nitrogens is 4. The Balaban J connectivity index is 1.68. The molecule has 0 aliphatic rings. The van der Waals surface area contributed by atoms with Gasteiger partial charge in [-0.2, -0.15) is 0 Å². The van der Waals surface area contributed by atoms with Gasteiger partial charge in [0.2, 0.25) is 0 Å². The quantitative estimate of drug-likeness (QED) is 0.366. The molecule has 8 heteroatoms. The molecule has 1 N–H and O–H groups in total. The second-order valence-corrected chi connectivity index (χ2v) is 9.87. The van der Waals surface area contributed by atoms with Crippen molar-refractivity contribution in [3.8, 4) is 11.4 Å². The Bertz CT molecular complexity index is 1420. The zero-order valence-corrected chi connectivity index (χ0v) is 23.0. The van der Waals surface area contributed by atoms with Crippen LogP contribution in [-0.2, 0) is 20.0 Å². The summed E-state index contributed by atoms with van der Waals surface area (Å²) in [4.78, 5) is 31.8. The van der Waals surface area contributed by atoms with Gasteiger partial charge in [0.05, 0.1) is 52.3 Å². The van der Waals surface area contributed by atoms with E-state index in [0.29, 0.717) is 17.8 Å². The van der Waals surface area contributed by atoms with Crippen LogP contribution in [0.4, 0.5) is 5.69 Å². The van der Waals surface area contributed by atoms with Crippen molar-refractivity contribution < 1.29 is 4.79 Å². The molecular weight excluding hydrogens is 462 g/mol. The van der Waals surface area contributed by atoms with Crippen LogP contribution in [0.5, 0.6) is 0 Å². The van der Waals surface area contributed by atoms with Crippen molar-refractivity contribution in [2.75, 3.05) is 39.5 Å². The minimum atomic E-state index is -0.0582. The minimum absolute atomic E-state index is 0.0582. The zero-order chi connectivity index (χ0) is 26.7. The number of imidazole rings is 1. The third kappa shape index (κ3) is 5.80. The summed E-state index contributed by atoms with van der Waals surface area (Å²) in [5.41, 5.74) is 6.81. The first-order valence-corrected chi connectivity index (χ1v) is 12.7. The van der Waals surface area contributed by atoms with Crippen molar-refractivity contribution in [2.24, 2.45) is 7.05 Å². The Labute approximate surface area is 219 Å². The second kappa shape index (κ2) is 11.1. The lowest BCUT2D eigenvalue weighted by atomic mass is 10.0. The molecule has 4 aromatic rings. The van der Waals surface area contributed by atoms with Crippen molar-refractivity contribution in [3.05, 3.63) is 70.9 Å². The molecule has 0 atom stereocenters. The third-order valence-corrected chi connectivity index (χ3v) is 6.66. The number of hydrogen-bond acceptors (Lipinski definition) is 6. The van der Waals surface area contributed by atoms with Gasteiger partial charge in [0.15, 0.2) is 0 Å². The third-order valence-electron chi connectivity index (χ3n) is 6.66. The van der Waals surface area contributed by atoms with E-state index in [1.54, 1.807) is 4.90 Å². The Morgan fingerprint density at radius 1 is 1.03 bits per heavy atom. The maximum Gasteiger partial charge on any atom is 0.254 e. The molecule has 8 nitrogen and oxygen atoms in total. The lowest BCUT2D eigenvalue weighted by Crippen LogP contribution is -2.27. The van der Waals surface area contributed by atoms with E-state index in [9.17, 15) is 4.79 Å². The fourth-order valence-electron chi connectivity index (χ4n) is 4.44. The molecule has 1 amide bonds. The monoisotopic (exact) mass is 499 g/mol. The average Bonchev–Trinajstić information content (AvgIpc) is 3.22. The summed E-state index contributed by atoms with van der Waals surface area (Å²) in [6.45, 7) is 8.34. The molecule has 37 heavy (non-hydrogen) atoms. The first kappa shape index (κ1) is 26.3. The van der Waals surface area contributed by atoms with E-state index in [1.807, 2.05) is 70.5 Å². The molecule has 3 aromatic heterocycles. The zero-order valence-electron chi connectivity index (χ0n) is 23.0. The number of carbonyl (C=O) groups is 1. The number of pyridine rings is 2. The summed E-state index contributed by atoms with van der Waals surface area (Å²) >= 11 is 0. The standard InChI is InChI=1S/C29H37N7O/c1-8-28-31-17-21(36(28)7)18-35(6)29(37)23-16-27(33-25-10-9-19(2)15-22(23)25)26-12-11-24(20(3)32-26)30-13-14-34(4)5/h9-12,15-17,30H,8,13-14,18H2,1-7H3. The van der Waals surface area contributed by atoms with E-state index >= 15 is 0 Å². The van der Waals surface area contributed by atoms with Crippen molar-refractivity contribution in [1.29, 1.82) is 0 Å². The van der Waals surface area contributed by atoms with Crippen LogP contribution in [0.3, 0.4) is 0 Å². The van der Waals surface area contributed by atoms with Crippen LogP contribution in [-0.4, -0.2) is 69.5 Å². The maximum atomic E-state index is 13.8. The van der Waals surface area contributed by atoms with Crippen LogP contribution in [0.25, 0.3) is 22.3 Å². The number of amides is 1. The number of nitrogens with one attached hydrogen (secondary N) is 1. The van der Waals surface area contributed by atoms with Crippen LogP contribution in [0.15, 0.2) is 42.6 Å². The van der Waals surface area contributed by atoms with Crippen LogP contribution in [0.2, 0.25) is 0 Å². The number of likely N-dealkylation sites (N-methyl/N-ethyl adjacent to an activating group) is 1. The van der Waals surface area contributed by atoms with Gasteiger partial charge in [0, 0.05) is 39.0 Å². The van der Waals surface area contributed by atoms with Gasteiger partial charge >= 0.3 is 0 Å². The van der Waals surface area contributed by atoms with Gasteiger partial charge in [-0.3, -0.25) is 4.79 Å². The number of rotatable bonds is 9. The topological polar surface area (TPSA) is 79.2 Å². The number of aryl methyl sites for hydroxylation is 3. The summed E-state index contributed by atoms with van der Waals surface area (Å²) in [7, 11) is 7.94. The summed E-state index contributed by atoms with van der Waals surface area (Å²) in [5.74, 6) is 0.946. The number of carbonyl (C=O) groups excluding carboxylic acids is 1. The van der Waals surface area contributed by atoms with Crippen LogP contribution in [0, 0.1) is 13.8 Å². The maximum absolute atomic E-state index is 13.8. The normalized spacial score (nSPS) is 11.4. The minimum Gasteiger partial charge on any atom is -0.382 e. The number of hydrogen-bond donors (Lipinski definition) is 1. The van der Waals surface area contributed by atoms with Gasteiger partial charge in [0.25, 0.3) is 5.91 Å². The van der Waals surface area contributed by atoms with E-state index in [-0.39, 0.29) is 5.91 Å². The van der Waals surface area contributed by atoms with E-state index in [1.165, 1.54) is 0 Å². The first-order valence-electron chi connectivity index (χ1n) is 12.7. The summed E-state index contributed by atoms with van der Waals surface area (Å²) in [5, 5.41) is 4.29. The molecule has 1 aromatic carbocycles. The number of benzene rings is 1. The van der Waals surface area contributed by atoms with Crippen molar-refractivity contribution in [3.63, 3.8) is 0 Å². The summed E-state index contributed by atoms with van der Waals surface area (Å²) in [6.07, 6.45) is 2.70. The SMILES string of the molecule is CCc1ncc(CN(C)C(=O)c2cc(-c3ccc(NCCN(C)C)c(C)n3)nc3ccc(C)cc23)n1C. The molecule has 0 saturated carbocycles. The van der Waals surface area contributed by atoms with Gasteiger partial charge in [-0.05, 0) is 58.3 Å². The molecule has 194 valence electrons. The van der Waals surface area contributed by atoms with Crippen molar-refractivity contribution in [2.45, 2.75) is 33.7 Å². The van der Waals surface area contributed by atoms with Crippen molar-refractivity contribution in [1.82, 2.24) is 29.3 Å². The molecule has 0 spiro atoms. The predicted molar refractivity (Wildman–Crippen MR) is 150 cm³/mol. The highest BCUT2D eigenvalue weighted by atomic mass is 16.2. The molecule has 0 unspecified atom stereocenters. The summed E-state index contributed by atoms with van der Waals surface area (Å²) < 4.78 is 2.06. The molecule has 0 bridgehead atoms. The fourth-order valence-corrected chi connectivity index (χ4v) is 4.44. The van der Waals surface area contributed by atoms with Gasteiger partial charge in [-0.1, -0.05) is 18.6 Å². The highest BCUT2D eigenvalue weighted by Crippen LogP contribution is 2.27. The van der Waals surface area contributed by atoms with Gasteiger partial charge in [-0.15, -0.1) is 0 Å². The Kier molecular flexibility index (Phi) is 7.88. The summed E-state index contributed by atoms with van der Waals surface area (Å²) in [6, 6.07) is 11.9. The van der Waals surface area contributed by atoms with Crippen LogP contribution < -0.4 is 5.32 Å². The first-order chi connectivity index (χ1) is 17.7. The van der Waals surface area contributed by atoms with Crippen LogP contribution >= 0.6 is 0 Å². The number of fused-ring (bicyclic) bond motifs is 1. The van der Waals surface area contributed by atoms with Crippen molar-refractivity contribution >= 4 is 22.5 Å². The highest BCUT2D eigenvalue weighted by Gasteiger charge is 2.20. The molecule has 0 fully saturated rings. The Morgan fingerprint density at radius 2 is 1.81 bits per heavy atom. The predicted octanol–water partition coefficient (Wildman–Crippen LogP) is 4.46. The van der Waals surface area contributed by atoms with Gasteiger partial charge in [-0.25, -0.2) is 15.0 Å². The fraction of sp³-hybridized carbons (Fsp3) is 0.379. The molecule has 0 saturated heterocycles. The smallest absolute Gasteiger partial charge is 0.254 e. The lowest BCUT2D eigenvalue weighted by Gasteiger charge is -2.19. The van der Waals surface area contributed by atoms with E-state index in [4.69, 9.17) is 9.97 Å². The molecule has 0 aliphatic carbocycles. The molecule has 0 radical (unpaired) electrons. The second-order valence-electron chi connectivity index (χ2n) is 9.87. The number of nitrogens with zero attached hydrogens (tertiary/aromatic N) is 6. The van der Waals surface area contributed by atoms with E-state index in [2.05, 4.69) is 40.8 Å². The van der Waals surface area contributed by atoms with E-state index < -0.39 is 0 Å². The Hall–Kier alpha value is -3.78. The van der Waals surface area contributed by atoms with E-state index in [0.717, 1.165) is 64.6 Å².